The van der Waals surface area contributed by atoms with Crippen LogP contribution in [0.4, 0.5) is 0 Å². The van der Waals surface area contributed by atoms with Gasteiger partial charge in [0.05, 0.1) is 12.5 Å². The first-order valence-electron chi connectivity index (χ1n) is 5.29. The lowest BCUT2D eigenvalue weighted by atomic mass is 9.97. The Morgan fingerprint density at radius 3 is 2.69 bits per heavy atom. The summed E-state index contributed by atoms with van der Waals surface area (Å²) in [6.45, 7) is 3.35. The van der Waals surface area contributed by atoms with Gasteiger partial charge in [0.15, 0.2) is 6.04 Å². The molecule has 0 aromatic rings. The molecule has 1 fully saturated rings. The van der Waals surface area contributed by atoms with Crippen molar-refractivity contribution in [3.05, 3.63) is 0 Å². The monoisotopic (exact) mass is 230 g/mol. The van der Waals surface area contributed by atoms with Crippen LogP contribution >= 0.6 is 0 Å². The van der Waals surface area contributed by atoms with Crippen LogP contribution in [0, 0.1) is 11.8 Å². The molecule has 1 rings (SSSR count). The Hall–Kier alpha value is -1.14. The lowest BCUT2D eigenvalue weighted by molar-refractivity contribution is -0.144. The standard InChI is InChI=1S/C10H18N2O4/c1-6-3-11-4-7(6)9(13)12-8(5-16-2)10(14)15/h6-8,11H,3-5H2,1-2H3,(H,12,13)(H,14,15). The predicted molar refractivity (Wildman–Crippen MR) is 57.0 cm³/mol. The lowest BCUT2D eigenvalue weighted by Crippen LogP contribution is -2.47. The molecule has 6 heteroatoms. The van der Waals surface area contributed by atoms with E-state index in [4.69, 9.17) is 9.84 Å². The number of carbonyl (C=O) groups excluding carboxylic acids is 1. The van der Waals surface area contributed by atoms with Crippen LogP contribution in [0.5, 0.6) is 0 Å². The van der Waals surface area contributed by atoms with E-state index >= 15 is 0 Å². The van der Waals surface area contributed by atoms with Crippen LogP contribution in [0.2, 0.25) is 0 Å². The van der Waals surface area contributed by atoms with Crippen molar-refractivity contribution in [2.45, 2.75) is 13.0 Å². The fourth-order valence-electron chi connectivity index (χ4n) is 1.78. The quantitative estimate of drug-likeness (QED) is 0.567. The molecule has 16 heavy (non-hydrogen) atoms. The molecule has 3 atom stereocenters. The van der Waals surface area contributed by atoms with Crippen molar-refractivity contribution in [1.29, 1.82) is 0 Å². The molecule has 3 unspecified atom stereocenters. The summed E-state index contributed by atoms with van der Waals surface area (Å²) in [5.74, 6) is -1.22. The van der Waals surface area contributed by atoms with Gasteiger partial charge in [-0.2, -0.15) is 0 Å². The lowest BCUT2D eigenvalue weighted by Gasteiger charge is -2.18. The summed E-state index contributed by atoms with van der Waals surface area (Å²) >= 11 is 0. The molecule has 1 saturated heterocycles. The van der Waals surface area contributed by atoms with Crippen molar-refractivity contribution in [2.75, 3.05) is 26.8 Å². The second-order valence-electron chi connectivity index (χ2n) is 4.10. The first-order valence-corrected chi connectivity index (χ1v) is 5.29. The van der Waals surface area contributed by atoms with E-state index in [9.17, 15) is 9.59 Å². The molecule has 0 aromatic heterocycles. The summed E-state index contributed by atoms with van der Waals surface area (Å²) in [5.41, 5.74) is 0. The molecule has 3 N–H and O–H groups in total. The van der Waals surface area contributed by atoms with Gasteiger partial charge in [-0.05, 0) is 12.5 Å². The number of carboxylic acids is 1. The van der Waals surface area contributed by atoms with Crippen LogP contribution < -0.4 is 10.6 Å². The van der Waals surface area contributed by atoms with Gasteiger partial charge in [-0.3, -0.25) is 4.79 Å². The largest absolute Gasteiger partial charge is 0.480 e. The van der Waals surface area contributed by atoms with Crippen LogP contribution in [0.3, 0.4) is 0 Å². The molecule has 92 valence electrons. The second-order valence-corrected chi connectivity index (χ2v) is 4.10. The molecule has 0 aromatic carbocycles. The molecular formula is C10H18N2O4. The van der Waals surface area contributed by atoms with Gasteiger partial charge in [0.2, 0.25) is 5.91 Å². The highest BCUT2D eigenvalue weighted by Gasteiger charge is 2.32. The maximum Gasteiger partial charge on any atom is 0.328 e. The smallest absolute Gasteiger partial charge is 0.328 e. The van der Waals surface area contributed by atoms with E-state index < -0.39 is 12.0 Å². The molecule has 0 radical (unpaired) electrons. The minimum Gasteiger partial charge on any atom is -0.480 e. The first-order chi connectivity index (χ1) is 7.56. The minimum absolute atomic E-state index is 0.0183. The van der Waals surface area contributed by atoms with Crippen molar-refractivity contribution in [3.63, 3.8) is 0 Å². The number of rotatable bonds is 5. The fourth-order valence-corrected chi connectivity index (χ4v) is 1.78. The van der Waals surface area contributed by atoms with Gasteiger partial charge in [0.25, 0.3) is 0 Å². The van der Waals surface area contributed by atoms with Crippen molar-refractivity contribution in [1.82, 2.24) is 10.6 Å². The van der Waals surface area contributed by atoms with Gasteiger partial charge in [-0.25, -0.2) is 4.79 Å². The third-order valence-corrected chi connectivity index (χ3v) is 2.80. The average molecular weight is 230 g/mol. The summed E-state index contributed by atoms with van der Waals surface area (Å²) in [4.78, 5) is 22.6. The topological polar surface area (TPSA) is 87.7 Å². The van der Waals surface area contributed by atoms with Gasteiger partial charge < -0.3 is 20.5 Å². The number of hydrogen-bond acceptors (Lipinski definition) is 4. The summed E-state index contributed by atoms with van der Waals surface area (Å²) in [6, 6.07) is -0.967. The van der Waals surface area contributed by atoms with E-state index in [1.807, 2.05) is 6.92 Å². The number of methoxy groups -OCH3 is 1. The van der Waals surface area contributed by atoms with Gasteiger partial charge >= 0.3 is 5.97 Å². The van der Waals surface area contributed by atoms with Crippen LogP contribution in [-0.2, 0) is 14.3 Å². The summed E-state index contributed by atoms with van der Waals surface area (Å²) in [5, 5.41) is 14.4. The number of hydrogen-bond donors (Lipinski definition) is 3. The van der Waals surface area contributed by atoms with E-state index in [2.05, 4.69) is 10.6 Å². The molecule has 1 aliphatic heterocycles. The Kier molecular flexibility index (Phi) is 4.70. The number of carbonyl (C=O) groups is 2. The summed E-state index contributed by atoms with van der Waals surface area (Å²) in [6.07, 6.45) is 0. The number of aliphatic carboxylic acids is 1. The zero-order valence-electron chi connectivity index (χ0n) is 9.53. The number of amides is 1. The van der Waals surface area contributed by atoms with Crippen molar-refractivity contribution >= 4 is 11.9 Å². The van der Waals surface area contributed by atoms with Gasteiger partial charge in [-0.1, -0.05) is 6.92 Å². The predicted octanol–water partition coefficient (Wildman–Crippen LogP) is -0.942. The zero-order valence-corrected chi connectivity index (χ0v) is 9.53. The van der Waals surface area contributed by atoms with Gasteiger partial charge in [-0.15, -0.1) is 0 Å². The van der Waals surface area contributed by atoms with Crippen molar-refractivity contribution in [2.24, 2.45) is 11.8 Å². The number of carboxylic acid groups (broad SMARTS) is 1. The van der Waals surface area contributed by atoms with Crippen LogP contribution in [0.25, 0.3) is 0 Å². The Morgan fingerprint density at radius 2 is 2.25 bits per heavy atom. The SMILES string of the molecule is COCC(NC(=O)C1CNCC1C)C(=O)O. The normalized spacial score (nSPS) is 26.4. The van der Waals surface area contributed by atoms with E-state index in [0.717, 1.165) is 6.54 Å². The van der Waals surface area contributed by atoms with Crippen molar-refractivity contribution < 1.29 is 19.4 Å². The van der Waals surface area contributed by atoms with Gasteiger partial charge in [0, 0.05) is 13.7 Å². The maximum absolute atomic E-state index is 11.8. The molecular weight excluding hydrogens is 212 g/mol. The first kappa shape index (κ1) is 12.9. The Bertz CT molecular complexity index is 270. The van der Waals surface area contributed by atoms with E-state index in [1.54, 1.807) is 0 Å². The van der Waals surface area contributed by atoms with Crippen LogP contribution in [-0.4, -0.2) is 49.8 Å². The molecule has 0 spiro atoms. The Balaban J connectivity index is 2.50. The average Bonchev–Trinajstić information content (AvgIpc) is 2.63. The van der Waals surface area contributed by atoms with Gasteiger partial charge in [0.1, 0.15) is 0 Å². The zero-order chi connectivity index (χ0) is 12.1. The molecule has 0 saturated carbocycles. The number of ether oxygens (including phenoxy) is 1. The number of nitrogens with one attached hydrogen (secondary N) is 2. The fraction of sp³-hybridized carbons (Fsp3) is 0.800. The molecule has 1 heterocycles. The maximum atomic E-state index is 11.8. The Morgan fingerprint density at radius 1 is 1.56 bits per heavy atom. The second kappa shape index (κ2) is 5.81. The third kappa shape index (κ3) is 3.18. The Labute approximate surface area is 94.3 Å². The molecule has 1 aliphatic rings. The molecule has 0 aliphatic carbocycles. The minimum atomic E-state index is -1.08. The molecule has 1 amide bonds. The third-order valence-electron chi connectivity index (χ3n) is 2.80. The highest BCUT2D eigenvalue weighted by Crippen LogP contribution is 2.15. The van der Waals surface area contributed by atoms with E-state index in [-0.39, 0.29) is 24.3 Å². The highest BCUT2D eigenvalue weighted by molar-refractivity contribution is 5.85. The van der Waals surface area contributed by atoms with E-state index in [0.29, 0.717) is 6.54 Å². The molecule has 6 nitrogen and oxygen atoms in total. The van der Waals surface area contributed by atoms with Crippen LogP contribution in [0.1, 0.15) is 6.92 Å². The summed E-state index contributed by atoms with van der Waals surface area (Å²) in [7, 11) is 1.40. The van der Waals surface area contributed by atoms with Crippen LogP contribution in [0.15, 0.2) is 0 Å². The summed E-state index contributed by atoms with van der Waals surface area (Å²) < 4.78 is 4.74. The molecule has 0 bridgehead atoms. The van der Waals surface area contributed by atoms with E-state index in [1.165, 1.54) is 7.11 Å². The highest BCUT2D eigenvalue weighted by atomic mass is 16.5. The van der Waals surface area contributed by atoms with Crippen molar-refractivity contribution in [3.8, 4) is 0 Å².